The molecule has 4 rings (SSSR count). The molecule has 4 amide bonds. The van der Waals surface area contributed by atoms with Crippen LogP contribution < -0.4 is 25.2 Å². The Hall–Kier alpha value is -3.63. The van der Waals surface area contributed by atoms with E-state index in [2.05, 4.69) is 15.5 Å². The van der Waals surface area contributed by atoms with E-state index < -0.39 is 6.03 Å². The molecule has 0 saturated carbocycles. The predicted molar refractivity (Wildman–Crippen MR) is 138 cm³/mol. The highest BCUT2D eigenvalue weighted by Gasteiger charge is 2.33. The van der Waals surface area contributed by atoms with Gasteiger partial charge in [-0.15, -0.1) is 0 Å². The summed E-state index contributed by atoms with van der Waals surface area (Å²) in [4.78, 5) is 43.8. The second kappa shape index (κ2) is 12.4. The standard InChI is InChI=1S/C26H33N5O5/c1-2-36-21-10-8-20(9-11-21)28-26(34)31-19-25(33)30(22-6-3-4-7-23(22)31)18-24(32)27-12-5-13-29-14-16-35-17-15-29/h3-4,6-11H,2,5,12-19H2,1H3,(H,27,32)(H,28,34). The number of anilines is 3. The second-order valence-corrected chi connectivity index (χ2v) is 8.60. The van der Waals surface area contributed by atoms with Gasteiger partial charge in [0.25, 0.3) is 0 Å². The van der Waals surface area contributed by atoms with Crippen molar-refractivity contribution in [1.29, 1.82) is 0 Å². The van der Waals surface area contributed by atoms with E-state index in [0.29, 0.717) is 36.0 Å². The second-order valence-electron chi connectivity index (χ2n) is 8.60. The van der Waals surface area contributed by atoms with Gasteiger partial charge in [-0.2, -0.15) is 0 Å². The number of morpholine rings is 1. The maximum Gasteiger partial charge on any atom is 0.326 e. The quantitative estimate of drug-likeness (QED) is 0.518. The van der Waals surface area contributed by atoms with Crippen LogP contribution in [0.4, 0.5) is 21.9 Å². The van der Waals surface area contributed by atoms with Crippen LogP contribution in [0, 0.1) is 0 Å². The van der Waals surface area contributed by atoms with E-state index in [9.17, 15) is 14.4 Å². The van der Waals surface area contributed by atoms with Crippen LogP contribution in [0.2, 0.25) is 0 Å². The van der Waals surface area contributed by atoms with Crippen LogP contribution in [-0.2, 0) is 14.3 Å². The molecule has 0 radical (unpaired) electrons. The first kappa shape index (κ1) is 25.5. The van der Waals surface area contributed by atoms with E-state index in [0.717, 1.165) is 39.3 Å². The first-order valence-electron chi connectivity index (χ1n) is 12.3. The molecule has 0 unspecified atom stereocenters. The highest BCUT2D eigenvalue weighted by atomic mass is 16.5. The molecule has 2 aliphatic heterocycles. The van der Waals surface area contributed by atoms with E-state index in [1.165, 1.54) is 9.80 Å². The SMILES string of the molecule is CCOc1ccc(NC(=O)N2CC(=O)N(CC(=O)NCCCN3CCOCC3)c3ccccc32)cc1. The molecule has 0 spiro atoms. The Balaban J connectivity index is 1.34. The molecule has 10 heteroatoms. The van der Waals surface area contributed by atoms with Crippen LogP contribution in [0.15, 0.2) is 48.5 Å². The summed E-state index contributed by atoms with van der Waals surface area (Å²) in [5.41, 5.74) is 1.69. The maximum absolute atomic E-state index is 13.0. The first-order chi connectivity index (χ1) is 17.5. The Bertz CT molecular complexity index is 1050. The first-order valence-corrected chi connectivity index (χ1v) is 12.3. The van der Waals surface area contributed by atoms with Crippen molar-refractivity contribution in [3.05, 3.63) is 48.5 Å². The molecule has 2 N–H and O–H groups in total. The third kappa shape index (κ3) is 6.52. The molecule has 1 saturated heterocycles. The number of rotatable bonds is 9. The summed E-state index contributed by atoms with van der Waals surface area (Å²) in [7, 11) is 0. The lowest BCUT2D eigenvalue weighted by Crippen LogP contribution is -2.52. The average molecular weight is 496 g/mol. The lowest BCUT2D eigenvalue weighted by Gasteiger charge is -2.35. The molecule has 0 bridgehead atoms. The van der Waals surface area contributed by atoms with E-state index in [-0.39, 0.29) is 24.9 Å². The number of fused-ring (bicyclic) bond motifs is 1. The summed E-state index contributed by atoms with van der Waals surface area (Å²) < 4.78 is 10.8. The Morgan fingerprint density at radius 1 is 1.03 bits per heavy atom. The van der Waals surface area contributed by atoms with E-state index in [1.54, 1.807) is 48.5 Å². The Labute approximate surface area is 211 Å². The van der Waals surface area contributed by atoms with Gasteiger partial charge in [0.2, 0.25) is 11.8 Å². The number of hydrogen-bond donors (Lipinski definition) is 2. The molecule has 192 valence electrons. The molecule has 2 aromatic carbocycles. The highest BCUT2D eigenvalue weighted by Crippen LogP contribution is 2.33. The summed E-state index contributed by atoms with van der Waals surface area (Å²) in [5, 5.41) is 5.74. The van der Waals surface area contributed by atoms with Crippen molar-refractivity contribution in [3.8, 4) is 5.75 Å². The third-order valence-electron chi connectivity index (χ3n) is 6.10. The number of para-hydroxylation sites is 2. The van der Waals surface area contributed by atoms with Crippen LogP contribution in [0.3, 0.4) is 0 Å². The zero-order valence-corrected chi connectivity index (χ0v) is 20.6. The minimum absolute atomic E-state index is 0.0955. The molecular weight excluding hydrogens is 462 g/mol. The van der Waals surface area contributed by atoms with Gasteiger partial charge >= 0.3 is 6.03 Å². The van der Waals surface area contributed by atoms with Crippen molar-refractivity contribution in [2.75, 3.05) is 74.2 Å². The van der Waals surface area contributed by atoms with Crippen molar-refractivity contribution >= 4 is 34.9 Å². The predicted octanol–water partition coefficient (Wildman–Crippen LogP) is 2.31. The smallest absolute Gasteiger partial charge is 0.326 e. The Morgan fingerprint density at radius 2 is 1.75 bits per heavy atom. The number of carbonyl (C=O) groups excluding carboxylic acids is 3. The lowest BCUT2D eigenvalue weighted by molar-refractivity contribution is -0.123. The van der Waals surface area contributed by atoms with Crippen LogP contribution in [0.5, 0.6) is 5.75 Å². The van der Waals surface area contributed by atoms with Gasteiger partial charge in [0.1, 0.15) is 18.8 Å². The topological polar surface area (TPSA) is 103 Å². The number of urea groups is 1. The van der Waals surface area contributed by atoms with E-state index >= 15 is 0 Å². The molecule has 10 nitrogen and oxygen atoms in total. The highest BCUT2D eigenvalue weighted by molar-refractivity contribution is 6.15. The molecule has 0 aliphatic carbocycles. The maximum atomic E-state index is 13.0. The Kier molecular flexibility index (Phi) is 8.75. The number of ether oxygens (including phenoxy) is 2. The van der Waals surface area contributed by atoms with E-state index in [1.807, 2.05) is 6.92 Å². The van der Waals surface area contributed by atoms with Crippen molar-refractivity contribution in [3.63, 3.8) is 0 Å². The van der Waals surface area contributed by atoms with Gasteiger partial charge < -0.3 is 20.1 Å². The summed E-state index contributed by atoms with van der Waals surface area (Å²) >= 11 is 0. The minimum Gasteiger partial charge on any atom is -0.494 e. The summed E-state index contributed by atoms with van der Waals surface area (Å²) in [6, 6.07) is 13.7. The fourth-order valence-corrected chi connectivity index (χ4v) is 4.26. The number of benzene rings is 2. The van der Waals surface area contributed by atoms with Crippen LogP contribution >= 0.6 is 0 Å². The van der Waals surface area contributed by atoms with Crippen molar-refractivity contribution < 1.29 is 23.9 Å². The largest absolute Gasteiger partial charge is 0.494 e. The van der Waals surface area contributed by atoms with Gasteiger partial charge in [-0.25, -0.2) is 4.79 Å². The van der Waals surface area contributed by atoms with Crippen molar-refractivity contribution in [2.24, 2.45) is 0 Å². The van der Waals surface area contributed by atoms with Crippen molar-refractivity contribution in [2.45, 2.75) is 13.3 Å². The zero-order chi connectivity index (χ0) is 25.3. The van der Waals surface area contributed by atoms with Gasteiger partial charge in [-0.05, 0) is 56.3 Å². The number of nitrogens with one attached hydrogen (secondary N) is 2. The normalized spacial score (nSPS) is 15.9. The summed E-state index contributed by atoms with van der Waals surface area (Å²) in [5.74, 6) is 0.162. The van der Waals surface area contributed by atoms with Crippen molar-refractivity contribution in [1.82, 2.24) is 10.2 Å². The molecule has 0 atom stereocenters. The van der Waals surface area contributed by atoms with Crippen LogP contribution in [-0.4, -0.2) is 81.8 Å². The molecule has 1 fully saturated rings. The monoisotopic (exact) mass is 495 g/mol. The Morgan fingerprint density at radius 3 is 2.47 bits per heavy atom. The molecule has 2 heterocycles. The molecular formula is C26H33N5O5. The van der Waals surface area contributed by atoms with Crippen LogP contribution in [0.1, 0.15) is 13.3 Å². The summed E-state index contributed by atoms with van der Waals surface area (Å²) in [6.45, 7) is 6.96. The van der Waals surface area contributed by atoms with Gasteiger partial charge in [-0.3, -0.25) is 24.3 Å². The molecule has 2 aliphatic rings. The van der Waals surface area contributed by atoms with Gasteiger partial charge in [0, 0.05) is 25.3 Å². The van der Waals surface area contributed by atoms with Gasteiger partial charge in [0.15, 0.2) is 0 Å². The minimum atomic E-state index is -0.424. The van der Waals surface area contributed by atoms with Gasteiger partial charge in [-0.1, -0.05) is 12.1 Å². The number of nitrogens with zero attached hydrogens (tertiary/aromatic N) is 3. The summed E-state index contributed by atoms with van der Waals surface area (Å²) in [6.07, 6.45) is 0.829. The number of amides is 4. The molecule has 36 heavy (non-hydrogen) atoms. The van der Waals surface area contributed by atoms with Crippen LogP contribution in [0.25, 0.3) is 0 Å². The number of carbonyl (C=O) groups is 3. The lowest BCUT2D eigenvalue weighted by atomic mass is 10.1. The molecule has 2 aromatic rings. The molecule has 0 aromatic heterocycles. The third-order valence-corrected chi connectivity index (χ3v) is 6.10. The fourth-order valence-electron chi connectivity index (χ4n) is 4.26. The van der Waals surface area contributed by atoms with Gasteiger partial charge in [0.05, 0.1) is 31.2 Å². The zero-order valence-electron chi connectivity index (χ0n) is 20.6. The fraction of sp³-hybridized carbons (Fsp3) is 0.423. The van der Waals surface area contributed by atoms with E-state index in [4.69, 9.17) is 9.47 Å². The average Bonchev–Trinajstić information content (AvgIpc) is 2.90. The number of hydrogen-bond acceptors (Lipinski definition) is 6.